The van der Waals surface area contributed by atoms with E-state index in [4.69, 9.17) is 17.3 Å². The molecule has 1 aromatic carbocycles. The monoisotopic (exact) mass is 372 g/mol. The predicted octanol–water partition coefficient (Wildman–Crippen LogP) is 3.47. The van der Waals surface area contributed by atoms with Gasteiger partial charge in [0.2, 0.25) is 0 Å². The number of benzene rings is 1. The Morgan fingerprint density at radius 3 is 2.54 bits per heavy atom. The van der Waals surface area contributed by atoms with Crippen molar-refractivity contribution in [2.75, 3.05) is 0 Å². The summed E-state index contributed by atoms with van der Waals surface area (Å²) in [5, 5.41) is 8.48. The van der Waals surface area contributed by atoms with Gasteiger partial charge in [0, 0.05) is 23.3 Å². The molecule has 4 rings (SSSR count). The first-order chi connectivity index (χ1) is 12.5. The minimum Gasteiger partial charge on any atom is -0.349 e. The van der Waals surface area contributed by atoms with E-state index in [0.717, 1.165) is 37.1 Å². The Labute approximate surface area is 158 Å². The van der Waals surface area contributed by atoms with Gasteiger partial charge in [-0.3, -0.25) is 4.79 Å². The summed E-state index contributed by atoms with van der Waals surface area (Å²) in [4.78, 5) is 12.9. The largest absolute Gasteiger partial charge is 0.349 e. The minimum absolute atomic E-state index is 0.0277. The fourth-order valence-electron chi connectivity index (χ4n) is 4.66. The first kappa shape index (κ1) is 17.6. The van der Waals surface area contributed by atoms with Gasteiger partial charge in [-0.1, -0.05) is 18.0 Å². The molecule has 5 nitrogen and oxygen atoms in total. The third-order valence-corrected chi connectivity index (χ3v) is 6.16. The maximum Gasteiger partial charge on any atom is 0.254 e. The highest BCUT2D eigenvalue weighted by molar-refractivity contribution is 6.30. The number of nitrogens with zero attached hydrogens (tertiary/aromatic N) is 2. The third kappa shape index (κ3) is 3.38. The zero-order chi connectivity index (χ0) is 18.3. The van der Waals surface area contributed by atoms with Crippen molar-refractivity contribution in [3.63, 3.8) is 0 Å². The van der Waals surface area contributed by atoms with Crippen LogP contribution in [0.5, 0.6) is 0 Å². The van der Waals surface area contributed by atoms with Crippen LogP contribution in [-0.4, -0.2) is 27.8 Å². The van der Waals surface area contributed by atoms with E-state index in [1.54, 1.807) is 10.9 Å². The van der Waals surface area contributed by atoms with Crippen molar-refractivity contribution in [1.82, 2.24) is 15.1 Å². The smallest absolute Gasteiger partial charge is 0.254 e. The Bertz CT molecular complexity index is 787. The van der Waals surface area contributed by atoms with Gasteiger partial charge in [-0.2, -0.15) is 5.10 Å². The Kier molecular flexibility index (Phi) is 4.76. The highest BCUT2D eigenvalue weighted by atomic mass is 35.5. The highest BCUT2D eigenvalue weighted by Gasteiger charge is 2.40. The number of nitrogens with two attached hydrogens (primary N) is 1. The zero-order valence-electron chi connectivity index (χ0n) is 15.0. The molecule has 2 aliphatic rings. The van der Waals surface area contributed by atoms with Crippen molar-refractivity contribution in [2.24, 2.45) is 17.6 Å². The van der Waals surface area contributed by atoms with E-state index >= 15 is 0 Å². The van der Waals surface area contributed by atoms with Gasteiger partial charge in [-0.25, -0.2) is 4.68 Å². The molecule has 2 bridgehead atoms. The molecular weight excluding hydrogens is 348 g/mol. The quantitative estimate of drug-likeness (QED) is 0.866. The number of carbonyl (C=O) groups excluding carboxylic acids is 1. The molecule has 1 aromatic heterocycles. The topological polar surface area (TPSA) is 72.9 Å². The summed E-state index contributed by atoms with van der Waals surface area (Å²) < 4.78 is 1.73. The maximum atomic E-state index is 12.9. The summed E-state index contributed by atoms with van der Waals surface area (Å²) in [6, 6.07) is 7.95. The summed E-state index contributed by atoms with van der Waals surface area (Å²) in [5.74, 6) is 0.987. The number of hydrogen-bond donors (Lipinski definition) is 2. The molecule has 1 heterocycles. The Morgan fingerprint density at radius 2 is 1.88 bits per heavy atom. The van der Waals surface area contributed by atoms with Crippen LogP contribution in [0.2, 0.25) is 5.02 Å². The first-order valence-corrected chi connectivity index (χ1v) is 9.77. The van der Waals surface area contributed by atoms with Crippen molar-refractivity contribution in [3.05, 3.63) is 46.7 Å². The van der Waals surface area contributed by atoms with Crippen LogP contribution < -0.4 is 11.1 Å². The lowest BCUT2D eigenvalue weighted by atomic mass is 9.67. The molecule has 1 amide bonds. The Hall–Kier alpha value is -1.85. The van der Waals surface area contributed by atoms with Crippen molar-refractivity contribution < 1.29 is 4.79 Å². The number of aromatic nitrogens is 2. The highest BCUT2D eigenvalue weighted by Crippen LogP contribution is 2.39. The van der Waals surface area contributed by atoms with Gasteiger partial charge in [-0.05, 0) is 68.7 Å². The second kappa shape index (κ2) is 7.05. The van der Waals surface area contributed by atoms with Crippen molar-refractivity contribution in [3.8, 4) is 5.69 Å². The van der Waals surface area contributed by atoms with Gasteiger partial charge < -0.3 is 11.1 Å². The number of aryl methyl sites for hydroxylation is 1. The SMILES string of the molecule is Cc1nn(-c2ccc(Cl)cc2)cc1C(=O)NC1C2CCCC1CC(N)C2. The fourth-order valence-corrected chi connectivity index (χ4v) is 4.79. The number of fused-ring (bicyclic) bond motifs is 2. The van der Waals surface area contributed by atoms with E-state index in [2.05, 4.69) is 10.4 Å². The fraction of sp³-hybridized carbons (Fsp3) is 0.500. The van der Waals surface area contributed by atoms with Crippen LogP contribution in [0.15, 0.2) is 30.5 Å². The van der Waals surface area contributed by atoms with Crippen LogP contribution in [0, 0.1) is 18.8 Å². The number of halogens is 1. The molecule has 0 saturated heterocycles. The van der Waals surface area contributed by atoms with Crippen molar-refractivity contribution in [1.29, 1.82) is 0 Å². The minimum atomic E-state index is -0.0277. The van der Waals surface area contributed by atoms with Crippen LogP contribution in [0.4, 0.5) is 0 Å². The normalized spacial score (nSPS) is 28.0. The second-order valence-corrected chi connectivity index (χ2v) is 8.17. The van der Waals surface area contributed by atoms with E-state index in [1.165, 1.54) is 6.42 Å². The summed E-state index contributed by atoms with van der Waals surface area (Å²) >= 11 is 5.95. The summed E-state index contributed by atoms with van der Waals surface area (Å²) in [6.07, 6.45) is 7.42. The van der Waals surface area contributed by atoms with Crippen LogP contribution in [0.1, 0.15) is 48.2 Å². The summed E-state index contributed by atoms with van der Waals surface area (Å²) in [7, 11) is 0. The predicted molar refractivity (Wildman–Crippen MR) is 103 cm³/mol. The number of carbonyl (C=O) groups is 1. The lowest BCUT2D eigenvalue weighted by molar-refractivity contribution is 0.0755. The number of rotatable bonds is 3. The molecule has 0 radical (unpaired) electrons. The number of amides is 1. The Balaban J connectivity index is 1.52. The van der Waals surface area contributed by atoms with Gasteiger partial charge in [0.15, 0.2) is 0 Å². The molecule has 3 N–H and O–H groups in total. The van der Waals surface area contributed by atoms with Gasteiger partial charge >= 0.3 is 0 Å². The molecule has 2 fully saturated rings. The zero-order valence-corrected chi connectivity index (χ0v) is 15.7. The lowest BCUT2D eigenvalue weighted by Crippen LogP contribution is -2.53. The van der Waals surface area contributed by atoms with Crippen molar-refractivity contribution in [2.45, 2.75) is 51.1 Å². The maximum absolute atomic E-state index is 12.9. The van der Waals surface area contributed by atoms with E-state index < -0.39 is 0 Å². The van der Waals surface area contributed by atoms with Crippen LogP contribution in [0.3, 0.4) is 0 Å². The molecule has 138 valence electrons. The summed E-state index contributed by atoms with van der Waals surface area (Å²) in [5.41, 5.74) is 8.45. The van der Waals surface area contributed by atoms with Gasteiger partial charge in [0.25, 0.3) is 5.91 Å². The number of hydrogen-bond acceptors (Lipinski definition) is 3. The third-order valence-electron chi connectivity index (χ3n) is 5.91. The standard InChI is InChI=1S/C20H25ClN4O/c1-12-18(11-25(24-12)17-7-5-15(21)6-8-17)20(26)23-19-13-3-2-4-14(19)10-16(22)9-13/h5-8,11,13-14,16,19H,2-4,9-10,22H2,1H3,(H,23,26). The lowest BCUT2D eigenvalue weighted by Gasteiger charge is -2.45. The van der Waals surface area contributed by atoms with Crippen LogP contribution in [0.25, 0.3) is 5.69 Å². The average molecular weight is 373 g/mol. The Morgan fingerprint density at radius 1 is 1.23 bits per heavy atom. The molecule has 2 atom stereocenters. The molecule has 26 heavy (non-hydrogen) atoms. The second-order valence-electron chi connectivity index (χ2n) is 7.73. The van der Waals surface area contributed by atoms with Gasteiger partial charge in [0.1, 0.15) is 0 Å². The molecule has 6 heteroatoms. The first-order valence-electron chi connectivity index (χ1n) is 9.40. The summed E-state index contributed by atoms with van der Waals surface area (Å²) in [6.45, 7) is 1.87. The van der Waals surface area contributed by atoms with Crippen LogP contribution in [-0.2, 0) is 0 Å². The van der Waals surface area contributed by atoms with E-state index in [1.807, 2.05) is 31.2 Å². The average Bonchev–Trinajstić information content (AvgIpc) is 2.98. The molecule has 0 spiro atoms. The molecule has 0 aliphatic heterocycles. The van der Waals surface area contributed by atoms with E-state index in [9.17, 15) is 4.79 Å². The van der Waals surface area contributed by atoms with E-state index in [0.29, 0.717) is 22.4 Å². The van der Waals surface area contributed by atoms with Crippen molar-refractivity contribution >= 4 is 17.5 Å². The number of nitrogens with one attached hydrogen (secondary N) is 1. The van der Waals surface area contributed by atoms with Gasteiger partial charge in [-0.15, -0.1) is 0 Å². The molecule has 2 unspecified atom stereocenters. The molecular formula is C20H25ClN4O. The van der Waals surface area contributed by atoms with Gasteiger partial charge in [0.05, 0.1) is 16.9 Å². The molecule has 2 saturated carbocycles. The van der Waals surface area contributed by atoms with E-state index in [-0.39, 0.29) is 18.0 Å². The van der Waals surface area contributed by atoms with Crippen LogP contribution >= 0.6 is 11.6 Å². The molecule has 2 aliphatic carbocycles. The molecule has 2 aromatic rings.